The number of anilines is 1. The number of pyridine rings is 1. The highest BCUT2D eigenvalue weighted by atomic mass is 35.5. The first-order valence-corrected chi connectivity index (χ1v) is 25.3. The predicted octanol–water partition coefficient (Wildman–Crippen LogP) is 8.36. The Kier molecular flexibility index (Phi) is 13.8. The van der Waals surface area contributed by atoms with Crippen molar-refractivity contribution in [2.75, 3.05) is 23.5 Å². The minimum Gasteiger partial charge on any atom is -0.443 e. The molecule has 3 aromatic heterocycles. The van der Waals surface area contributed by atoms with Crippen molar-refractivity contribution in [3.05, 3.63) is 93.0 Å². The third-order valence-electron chi connectivity index (χ3n) is 11.7. The zero-order valence-electron chi connectivity index (χ0n) is 37.7. The van der Waals surface area contributed by atoms with E-state index in [-0.39, 0.29) is 51.4 Å². The first kappa shape index (κ1) is 52.9. The van der Waals surface area contributed by atoms with Gasteiger partial charge < -0.3 is 10.1 Å². The fourth-order valence-corrected chi connectivity index (χ4v) is 9.31. The number of alkyl halides is 8. The van der Waals surface area contributed by atoms with E-state index < -0.39 is 150 Å². The van der Waals surface area contributed by atoms with Gasteiger partial charge in [-0.15, -0.1) is 0 Å². The zero-order chi connectivity index (χ0) is 52.6. The quantitative estimate of drug-likeness (QED) is 0.0464. The van der Waals surface area contributed by atoms with Crippen LogP contribution in [0.3, 0.4) is 0 Å². The van der Waals surface area contributed by atoms with Crippen molar-refractivity contribution in [2.45, 2.75) is 94.5 Å². The van der Waals surface area contributed by atoms with E-state index in [9.17, 15) is 61.5 Å². The normalized spacial score (nSPS) is 17.0. The standard InChI is InChI=1S/C44H40ClF10N7O7S2/c1-6-7-33(64)69-21-62(71(5,67)68)40-35-30(45)11-10-27(37(35)61(59-40)20-42(48,49)50)26-9-8-25(12-13-41(2,3)70(4,65)66)56-36(26)31(16-22-14-23(46)17-24(47)15-22)57-32(63)19-60-39-34(38(58-60)44(53,54)55)28-18-29(28)43(39,51)52/h8-11,14-15,17,28-29,31H,6-7,16,18-21H2,1-5H3,(H,57,63)/t28?,29-,31+/m1/s1. The lowest BCUT2D eigenvalue weighted by Crippen LogP contribution is -2.35. The van der Waals surface area contributed by atoms with E-state index in [4.69, 9.17) is 16.3 Å². The molecular weight excluding hydrogens is 1030 g/mol. The third-order valence-corrected chi connectivity index (χ3v) is 15.1. The molecule has 0 radical (unpaired) electrons. The molecule has 14 nitrogen and oxygen atoms in total. The molecule has 0 aliphatic heterocycles. The lowest BCUT2D eigenvalue weighted by Gasteiger charge is -2.23. The van der Waals surface area contributed by atoms with E-state index in [0.717, 1.165) is 30.5 Å². The topological polar surface area (TPSA) is 175 Å². The molecule has 1 saturated carbocycles. The van der Waals surface area contributed by atoms with Gasteiger partial charge in [-0.05, 0) is 80.8 Å². The summed E-state index contributed by atoms with van der Waals surface area (Å²) in [7, 11) is -8.45. The number of halogens is 11. The summed E-state index contributed by atoms with van der Waals surface area (Å²) >= 11 is 6.64. The van der Waals surface area contributed by atoms with Crippen LogP contribution < -0.4 is 9.62 Å². The minimum absolute atomic E-state index is 0.167. The maximum Gasteiger partial charge on any atom is 0.435 e. The van der Waals surface area contributed by atoms with Crippen LogP contribution in [0.25, 0.3) is 22.0 Å². The Morgan fingerprint density at radius 2 is 1.62 bits per heavy atom. The van der Waals surface area contributed by atoms with E-state index >= 15 is 8.78 Å². The molecule has 1 N–H and O–H groups in total. The molecule has 27 heteroatoms. The molecule has 382 valence electrons. The highest BCUT2D eigenvalue weighted by molar-refractivity contribution is 7.92. The molecule has 1 unspecified atom stereocenters. The van der Waals surface area contributed by atoms with Crippen LogP contribution >= 0.6 is 11.6 Å². The summed E-state index contributed by atoms with van der Waals surface area (Å²) in [6.45, 7) is -0.158. The Balaban J connectivity index is 1.47. The van der Waals surface area contributed by atoms with Crippen molar-refractivity contribution in [2.24, 2.45) is 5.92 Å². The second kappa shape index (κ2) is 18.6. The molecule has 3 heterocycles. The molecule has 1 amide bonds. The second-order valence-electron chi connectivity index (χ2n) is 17.5. The van der Waals surface area contributed by atoms with Crippen molar-refractivity contribution >= 4 is 60.1 Å². The summed E-state index contributed by atoms with van der Waals surface area (Å²) in [6.07, 6.45) is -9.59. The van der Waals surface area contributed by atoms with Crippen LogP contribution in [0.5, 0.6) is 0 Å². The lowest BCUT2D eigenvalue weighted by molar-refractivity contribution is -0.143. The first-order valence-electron chi connectivity index (χ1n) is 21.2. The largest absolute Gasteiger partial charge is 0.443 e. The highest BCUT2D eigenvalue weighted by Gasteiger charge is 2.68. The van der Waals surface area contributed by atoms with Gasteiger partial charge in [0.05, 0.1) is 33.9 Å². The zero-order valence-corrected chi connectivity index (χ0v) is 40.1. The molecule has 3 atom stereocenters. The number of hydrogen-bond acceptors (Lipinski definition) is 10. The molecule has 2 aliphatic rings. The number of aromatic nitrogens is 5. The van der Waals surface area contributed by atoms with Crippen LogP contribution in [0.2, 0.25) is 5.02 Å². The SMILES string of the molecule is CCCC(=O)OCN(c1nn(CC(F)(F)F)c2c(-c3ccc(C#CC(C)(C)S(C)(=O)=O)nc3[C@H](Cc3cc(F)cc(F)c3)NC(=O)Cn3nc(C(F)(F)F)c4c3C(F)(F)[C@@H]3CC43)ccc(Cl)c12)S(C)(=O)=O. The predicted molar refractivity (Wildman–Crippen MR) is 236 cm³/mol. The van der Waals surface area contributed by atoms with Crippen molar-refractivity contribution in [3.8, 4) is 23.0 Å². The fourth-order valence-electron chi connectivity index (χ4n) is 8.15. The van der Waals surface area contributed by atoms with Gasteiger partial charge in [0.15, 0.2) is 28.1 Å². The minimum atomic E-state index is -5.21. The number of ether oxygens (including phenoxy) is 1. The van der Waals surface area contributed by atoms with Crippen LogP contribution in [0.1, 0.15) is 85.9 Å². The monoisotopic (exact) mass is 1070 g/mol. The summed E-state index contributed by atoms with van der Waals surface area (Å²) < 4.78 is 203. The summed E-state index contributed by atoms with van der Waals surface area (Å²) in [5.41, 5.74) is -5.59. The lowest BCUT2D eigenvalue weighted by atomic mass is 9.93. The van der Waals surface area contributed by atoms with Gasteiger partial charge in [-0.3, -0.25) is 19.0 Å². The van der Waals surface area contributed by atoms with Crippen molar-refractivity contribution < 1.29 is 75.1 Å². The molecule has 7 rings (SSSR count). The number of amides is 1. The third kappa shape index (κ3) is 11.0. The fraction of sp³-hybridized carbons (Fsp3) is 0.432. The summed E-state index contributed by atoms with van der Waals surface area (Å²) in [4.78, 5) is 31.1. The van der Waals surface area contributed by atoms with E-state index in [1.54, 1.807) is 6.92 Å². The number of sulfone groups is 1. The van der Waals surface area contributed by atoms with Gasteiger partial charge in [0.2, 0.25) is 15.9 Å². The molecule has 0 bridgehead atoms. The maximum atomic E-state index is 15.6. The average molecular weight is 1070 g/mol. The van der Waals surface area contributed by atoms with Gasteiger partial charge in [-0.1, -0.05) is 30.5 Å². The summed E-state index contributed by atoms with van der Waals surface area (Å²) in [5, 5.41) is 8.97. The van der Waals surface area contributed by atoms with Gasteiger partial charge >= 0.3 is 18.3 Å². The molecule has 2 aliphatic carbocycles. The van der Waals surface area contributed by atoms with Crippen LogP contribution in [0.15, 0.2) is 42.5 Å². The molecule has 0 saturated heterocycles. The number of esters is 1. The Bertz CT molecular complexity index is 3250. The smallest absolute Gasteiger partial charge is 0.435 e. The van der Waals surface area contributed by atoms with Crippen molar-refractivity contribution in [3.63, 3.8) is 0 Å². The molecule has 5 aromatic rings. The van der Waals surface area contributed by atoms with E-state index in [1.165, 1.54) is 26.0 Å². The van der Waals surface area contributed by atoms with Gasteiger partial charge in [-0.25, -0.2) is 34.9 Å². The summed E-state index contributed by atoms with van der Waals surface area (Å²) in [6, 6.07) is 4.99. The van der Waals surface area contributed by atoms with E-state index in [0.29, 0.717) is 21.3 Å². The molecule has 0 spiro atoms. The number of fused-ring (bicyclic) bond motifs is 4. The number of rotatable bonds is 15. The number of hydrogen-bond donors (Lipinski definition) is 1. The summed E-state index contributed by atoms with van der Waals surface area (Å²) in [5.74, 6) is -6.58. The van der Waals surface area contributed by atoms with Crippen molar-refractivity contribution in [1.29, 1.82) is 0 Å². The molecule has 71 heavy (non-hydrogen) atoms. The molecular formula is C44H40ClF10N7O7S2. The Morgan fingerprint density at radius 1 is 0.972 bits per heavy atom. The number of carbonyl (C=O) groups excluding carboxylic acids is 2. The highest BCUT2D eigenvalue weighted by Crippen LogP contribution is 2.68. The molecule has 1 fully saturated rings. The maximum absolute atomic E-state index is 15.6. The van der Waals surface area contributed by atoms with Crippen LogP contribution in [0.4, 0.5) is 49.7 Å². The first-order chi connectivity index (χ1) is 32.7. The average Bonchev–Trinajstić information content (AvgIpc) is 3.73. The Morgan fingerprint density at radius 3 is 2.21 bits per heavy atom. The second-order valence-corrected chi connectivity index (χ2v) is 22.4. The van der Waals surface area contributed by atoms with Gasteiger partial charge in [0.25, 0.3) is 5.92 Å². The Hall–Kier alpha value is -5.94. The number of nitrogens with one attached hydrogen (secondary N) is 1. The van der Waals surface area contributed by atoms with Gasteiger partial charge in [0.1, 0.15) is 40.9 Å². The number of sulfonamides is 1. The van der Waals surface area contributed by atoms with Crippen molar-refractivity contribution in [1.82, 2.24) is 29.9 Å². The number of carbonyl (C=O) groups is 2. The number of benzene rings is 2. The van der Waals surface area contributed by atoms with Gasteiger partial charge in [-0.2, -0.15) is 45.3 Å². The van der Waals surface area contributed by atoms with Gasteiger partial charge in [0, 0.05) is 41.4 Å². The van der Waals surface area contributed by atoms with E-state index in [2.05, 4.69) is 32.3 Å². The van der Waals surface area contributed by atoms with Crippen LogP contribution in [-0.4, -0.2) is 83.4 Å². The van der Waals surface area contributed by atoms with E-state index in [1.807, 2.05) is 0 Å². The van der Waals surface area contributed by atoms with Crippen LogP contribution in [-0.2, 0) is 65.8 Å². The van der Waals surface area contributed by atoms with Crippen LogP contribution in [0, 0.1) is 29.4 Å². The number of nitrogens with zero attached hydrogens (tertiary/aromatic N) is 6. The Labute approximate surface area is 403 Å². The molecule has 2 aromatic carbocycles.